The number of amides is 1. The van der Waals surface area contributed by atoms with E-state index in [9.17, 15) is 4.79 Å². The molecule has 0 unspecified atom stereocenters. The molecule has 3 aromatic heterocycles. The fraction of sp³-hybridized carbons (Fsp3) is 0.389. The van der Waals surface area contributed by atoms with Crippen LogP contribution in [0.3, 0.4) is 0 Å². The van der Waals surface area contributed by atoms with Gasteiger partial charge in [-0.3, -0.25) is 9.78 Å². The monoisotopic (exact) mass is 371 g/mol. The van der Waals surface area contributed by atoms with Gasteiger partial charge in [-0.1, -0.05) is 25.9 Å². The van der Waals surface area contributed by atoms with Gasteiger partial charge in [0.1, 0.15) is 10.9 Å². The molecule has 0 aliphatic heterocycles. The largest absolute Gasteiger partial charge is 0.339 e. The molecule has 3 aromatic rings. The lowest BCUT2D eigenvalue weighted by molar-refractivity contribution is 0.0917. The number of aryl methyl sites for hydroxylation is 2. The Bertz CT molecular complexity index is 888. The minimum atomic E-state index is -0.382. The van der Waals surface area contributed by atoms with E-state index in [0.717, 1.165) is 22.7 Å². The summed E-state index contributed by atoms with van der Waals surface area (Å²) < 4.78 is 5.42. The third kappa shape index (κ3) is 3.80. The maximum absolute atomic E-state index is 12.7. The molecule has 3 heterocycles. The smallest absolute Gasteiger partial charge is 0.263 e. The molecule has 0 radical (unpaired) electrons. The fourth-order valence-corrected chi connectivity index (χ4v) is 3.42. The second-order valence-electron chi connectivity index (χ2n) is 6.27. The number of carbonyl (C=O) groups is 1. The van der Waals surface area contributed by atoms with Gasteiger partial charge < -0.3 is 9.84 Å². The van der Waals surface area contributed by atoms with Crippen molar-refractivity contribution in [2.45, 2.75) is 40.2 Å². The van der Waals surface area contributed by atoms with Crippen LogP contribution in [0, 0.1) is 12.8 Å². The van der Waals surface area contributed by atoms with Crippen molar-refractivity contribution in [1.29, 1.82) is 0 Å². The lowest BCUT2D eigenvalue weighted by Crippen LogP contribution is -2.32. The number of carbonyl (C=O) groups excluding carboxylic acids is 1. The first-order valence-corrected chi connectivity index (χ1v) is 9.32. The number of pyridine rings is 1. The summed E-state index contributed by atoms with van der Waals surface area (Å²) in [6, 6.07) is 3.29. The summed E-state index contributed by atoms with van der Waals surface area (Å²) in [5.74, 6) is 0.750. The Balaban J connectivity index is 1.82. The SMILES string of the molecule is CCc1nc(C)c(C(=O)N[C@@H](c2nc(-c3cccnc3)no2)C(C)C)s1. The number of thiazole rings is 1. The van der Waals surface area contributed by atoms with Crippen LogP contribution in [0.4, 0.5) is 0 Å². The maximum atomic E-state index is 12.7. The van der Waals surface area contributed by atoms with E-state index in [1.54, 1.807) is 12.4 Å². The van der Waals surface area contributed by atoms with Crippen molar-refractivity contribution in [1.82, 2.24) is 25.4 Å². The maximum Gasteiger partial charge on any atom is 0.263 e. The minimum absolute atomic E-state index is 0.0834. The van der Waals surface area contributed by atoms with Crippen LogP contribution in [0.5, 0.6) is 0 Å². The molecule has 8 heteroatoms. The Morgan fingerprint density at radius 3 is 2.77 bits per heavy atom. The van der Waals surface area contributed by atoms with E-state index in [4.69, 9.17) is 4.52 Å². The first kappa shape index (κ1) is 18.2. The van der Waals surface area contributed by atoms with Gasteiger partial charge in [-0.05, 0) is 31.4 Å². The molecular weight excluding hydrogens is 350 g/mol. The summed E-state index contributed by atoms with van der Waals surface area (Å²) in [5.41, 5.74) is 1.51. The Hall–Kier alpha value is -2.61. The van der Waals surface area contributed by atoms with Gasteiger partial charge in [-0.2, -0.15) is 4.98 Å². The molecule has 1 N–H and O–H groups in total. The Morgan fingerprint density at radius 2 is 2.15 bits per heavy atom. The van der Waals surface area contributed by atoms with Crippen LogP contribution < -0.4 is 5.32 Å². The highest BCUT2D eigenvalue weighted by Gasteiger charge is 2.27. The van der Waals surface area contributed by atoms with Crippen molar-refractivity contribution in [3.63, 3.8) is 0 Å². The van der Waals surface area contributed by atoms with Gasteiger partial charge in [0, 0.05) is 18.0 Å². The summed E-state index contributed by atoms with van der Waals surface area (Å²) >= 11 is 1.42. The zero-order chi connectivity index (χ0) is 18.7. The molecule has 3 rings (SSSR count). The van der Waals surface area contributed by atoms with Crippen LogP contribution in [0.2, 0.25) is 0 Å². The van der Waals surface area contributed by atoms with Crippen molar-refractivity contribution in [3.8, 4) is 11.4 Å². The van der Waals surface area contributed by atoms with Gasteiger partial charge in [0.2, 0.25) is 11.7 Å². The average molecular weight is 371 g/mol. The van der Waals surface area contributed by atoms with Crippen molar-refractivity contribution in [3.05, 3.63) is 46.0 Å². The van der Waals surface area contributed by atoms with E-state index in [2.05, 4.69) is 25.4 Å². The Morgan fingerprint density at radius 1 is 1.35 bits per heavy atom. The lowest BCUT2D eigenvalue weighted by atomic mass is 10.0. The molecule has 0 fully saturated rings. The van der Waals surface area contributed by atoms with Crippen LogP contribution in [-0.4, -0.2) is 26.0 Å². The second-order valence-corrected chi connectivity index (χ2v) is 7.35. The average Bonchev–Trinajstić information content (AvgIpc) is 3.26. The van der Waals surface area contributed by atoms with Crippen LogP contribution >= 0.6 is 11.3 Å². The standard InChI is InChI=1S/C18H21N5O2S/c1-5-13-20-11(4)15(26-13)17(24)21-14(10(2)3)18-22-16(23-25-18)12-7-6-8-19-9-12/h6-10,14H,5H2,1-4H3,(H,21,24)/t14-/m1/s1. The number of hydrogen-bond donors (Lipinski definition) is 1. The lowest BCUT2D eigenvalue weighted by Gasteiger charge is -2.18. The third-order valence-electron chi connectivity index (χ3n) is 3.93. The fourth-order valence-electron chi connectivity index (χ4n) is 2.51. The molecule has 26 heavy (non-hydrogen) atoms. The molecule has 1 atom stereocenters. The van der Waals surface area contributed by atoms with Crippen LogP contribution in [0.1, 0.15) is 53.1 Å². The quantitative estimate of drug-likeness (QED) is 0.712. The highest BCUT2D eigenvalue weighted by molar-refractivity contribution is 7.13. The third-order valence-corrected chi connectivity index (χ3v) is 5.23. The molecule has 0 saturated carbocycles. The first-order chi connectivity index (χ1) is 12.5. The number of hydrogen-bond acceptors (Lipinski definition) is 7. The van der Waals surface area contributed by atoms with E-state index in [1.807, 2.05) is 39.8 Å². The minimum Gasteiger partial charge on any atom is -0.339 e. The molecule has 136 valence electrons. The van der Waals surface area contributed by atoms with E-state index in [1.165, 1.54) is 11.3 Å². The van der Waals surface area contributed by atoms with Crippen LogP contribution in [0.15, 0.2) is 29.0 Å². The van der Waals surface area contributed by atoms with Crippen molar-refractivity contribution >= 4 is 17.2 Å². The van der Waals surface area contributed by atoms with E-state index >= 15 is 0 Å². The number of rotatable bonds is 6. The Kier molecular flexibility index (Phi) is 5.41. The molecule has 0 aliphatic carbocycles. The summed E-state index contributed by atoms with van der Waals surface area (Å²) in [4.78, 5) is 26.3. The molecule has 0 aromatic carbocycles. The van der Waals surface area contributed by atoms with Gasteiger partial charge in [0.15, 0.2) is 0 Å². The van der Waals surface area contributed by atoms with Gasteiger partial charge in [-0.25, -0.2) is 4.98 Å². The predicted molar refractivity (Wildman–Crippen MR) is 98.8 cm³/mol. The first-order valence-electron chi connectivity index (χ1n) is 8.50. The van der Waals surface area contributed by atoms with Crippen molar-refractivity contribution < 1.29 is 9.32 Å². The normalized spacial score (nSPS) is 12.3. The van der Waals surface area contributed by atoms with Gasteiger partial charge >= 0.3 is 0 Å². The van der Waals surface area contributed by atoms with Gasteiger partial charge in [0.25, 0.3) is 5.91 Å². The summed E-state index contributed by atoms with van der Waals surface area (Å²) in [6.45, 7) is 7.86. The molecule has 0 aliphatic rings. The number of aromatic nitrogens is 4. The molecular formula is C18H21N5O2S. The van der Waals surface area contributed by atoms with Crippen molar-refractivity contribution in [2.75, 3.05) is 0 Å². The molecule has 1 amide bonds. The summed E-state index contributed by atoms with van der Waals surface area (Å²) in [6.07, 6.45) is 4.17. The van der Waals surface area contributed by atoms with Gasteiger partial charge in [-0.15, -0.1) is 11.3 Å². The topological polar surface area (TPSA) is 93.8 Å². The second kappa shape index (κ2) is 7.74. The summed E-state index contributed by atoms with van der Waals surface area (Å²) in [5, 5.41) is 7.98. The number of nitrogens with one attached hydrogen (secondary N) is 1. The summed E-state index contributed by atoms with van der Waals surface area (Å²) in [7, 11) is 0. The number of nitrogens with zero attached hydrogens (tertiary/aromatic N) is 4. The Labute approximate surface area is 155 Å². The highest BCUT2D eigenvalue weighted by Crippen LogP contribution is 2.25. The van der Waals surface area contributed by atoms with E-state index < -0.39 is 0 Å². The van der Waals surface area contributed by atoms with E-state index in [0.29, 0.717) is 16.6 Å². The zero-order valence-electron chi connectivity index (χ0n) is 15.2. The van der Waals surface area contributed by atoms with Gasteiger partial charge in [0.05, 0.1) is 10.7 Å². The predicted octanol–water partition coefficient (Wildman–Crippen LogP) is 3.59. The highest BCUT2D eigenvalue weighted by atomic mass is 32.1. The molecule has 0 spiro atoms. The van der Waals surface area contributed by atoms with Crippen LogP contribution in [-0.2, 0) is 6.42 Å². The van der Waals surface area contributed by atoms with Crippen LogP contribution in [0.25, 0.3) is 11.4 Å². The van der Waals surface area contributed by atoms with Crippen molar-refractivity contribution in [2.24, 2.45) is 5.92 Å². The zero-order valence-corrected chi connectivity index (χ0v) is 16.0. The molecule has 7 nitrogen and oxygen atoms in total. The van der Waals surface area contributed by atoms with E-state index in [-0.39, 0.29) is 17.9 Å². The molecule has 0 bridgehead atoms. The molecule has 0 saturated heterocycles.